The predicted octanol–water partition coefficient (Wildman–Crippen LogP) is 5.22. The zero-order chi connectivity index (χ0) is 28.2. The minimum atomic E-state index is -0.855. The zero-order valence-electron chi connectivity index (χ0n) is 23.9. The quantitative estimate of drug-likeness (QED) is 0.110. The van der Waals surface area contributed by atoms with Crippen molar-refractivity contribution in [2.75, 3.05) is 66.1 Å². The molecule has 0 aromatic heterocycles. The molecule has 1 N–H and O–H groups in total. The van der Waals surface area contributed by atoms with Gasteiger partial charge in [0.2, 0.25) is 0 Å². The van der Waals surface area contributed by atoms with Gasteiger partial charge in [-0.1, -0.05) is 51.2 Å². The standard InChI is InChI=1S/C30H50O9/c1-2-3-4-5-6-7-10-27-13-15-28(16-14-27)38-25-23-36-21-19-34-17-18-35-20-22-37-24-26-39-30(33)12-9-8-11-29(31)32/h13-16H,2-12,17-26H2,1H3,(H,31,32). The molecule has 1 aromatic carbocycles. The first kappa shape index (κ1) is 34.8. The van der Waals surface area contributed by atoms with Crippen LogP contribution in [0.5, 0.6) is 5.75 Å². The van der Waals surface area contributed by atoms with Gasteiger partial charge < -0.3 is 33.5 Å². The van der Waals surface area contributed by atoms with Gasteiger partial charge in [-0.3, -0.25) is 9.59 Å². The molecule has 0 heterocycles. The van der Waals surface area contributed by atoms with Crippen LogP contribution in [-0.4, -0.2) is 83.1 Å². The molecule has 224 valence electrons. The summed E-state index contributed by atoms with van der Waals surface area (Å²) in [7, 11) is 0. The lowest BCUT2D eigenvalue weighted by Gasteiger charge is -2.09. The van der Waals surface area contributed by atoms with Gasteiger partial charge in [-0.15, -0.1) is 0 Å². The maximum Gasteiger partial charge on any atom is 0.305 e. The third kappa shape index (κ3) is 23.4. The van der Waals surface area contributed by atoms with E-state index < -0.39 is 5.97 Å². The first-order valence-electron chi connectivity index (χ1n) is 14.5. The minimum Gasteiger partial charge on any atom is -0.491 e. The number of hydrogen-bond acceptors (Lipinski definition) is 8. The maximum absolute atomic E-state index is 11.5. The smallest absolute Gasteiger partial charge is 0.305 e. The summed E-state index contributed by atoms with van der Waals surface area (Å²) in [4.78, 5) is 21.9. The molecule has 0 atom stereocenters. The number of carboxylic acids is 1. The van der Waals surface area contributed by atoms with Gasteiger partial charge in [-0.2, -0.15) is 0 Å². The SMILES string of the molecule is CCCCCCCCc1ccc(OCCOCCOCCOCCOCCOC(=O)CCCCC(=O)O)cc1. The molecule has 0 aliphatic carbocycles. The third-order valence-electron chi connectivity index (χ3n) is 5.87. The fourth-order valence-electron chi connectivity index (χ4n) is 3.67. The molecule has 9 nitrogen and oxygen atoms in total. The number of carbonyl (C=O) groups is 2. The molecule has 0 radical (unpaired) electrons. The molecular formula is C30H50O9. The Balaban J connectivity index is 1.80. The van der Waals surface area contributed by atoms with E-state index in [0.29, 0.717) is 72.3 Å². The van der Waals surface area contributed by atoms with E-state index in [2.05, 4.69) is 19.1 Å². The van der Waals surface area contributed by atoms with E-state index in [1.807, 2.05) is 12.1 Å². The van der Waals surface area contributed by atoms with Crippen molar-refractivity contribution in [1.29, 1.82) is 0 Å². The Morgan fingerprint density at radius 1 is 0.615 bits per heavy atom. The topological polar surface area (TPSA) is 110 Å². The number of carbonyl (C=O) groups excluding carboxylic acids is 1. The number of rotatable bonds is 28. The van der Waals surface area contributed by atoms with E-state index in [4.69, 9.17) is 33.5 Å². The van der Waals surface area contributed by atoms with Crippen LogP contribution in [0.2, 0.25) is 0 Å². The second kappa shape index (κ2) is 26.0. The molecule has 0 aliphatic heterocycles. The number of aliphatic carboxylic acids is 1. The van der Waals surface area contributed by atoms with Crippen LogP contribution in [0.3, 0.4) is 0 Å². The maximum atomic E-state index is 11.5. The molecule has 0 saturated heterocycles. The molecule has 0 fully saturated rings. The lowest BCUT2D eigenvalue weighted by Crippen LogP contribution is -2.15. The van der Waals surface area contributed by atoms with Gasteiger partial charge in [0.1, 0.15) is 19.0 Å². The molecule has 0 aliphatic rings. The van der Waals surface area contributed by atoms with Gasteiger partial charge in [-0.05, 0) is 43.4 Å². The van der Waals surface area contributed by atoms with Gasteiger partial charge in [0.05, 0.1) is 52.9 Å². The Kier molecular flexibility index (Phi) is 23.3. The van der Waals surface area contributed by atoms with Gasteiger partial charge in [0.25, 0.3) is 0 Å². The van der Waals surface area contributed by atoms with Crippen molar-refractivity contribution in [3.63, 3.8) is 0 Å². The Bertz CT molecular complexity index is 709. The third-order valence-corrected chi connectivity index (χ3v) is 5.87. The Labute approximate surface area is 234 Å². The number of carboxylic acid groups (broad SMARTS) is 1. The first-order valence-corrected chi connectivity index (χ1v) is 14.5. The van der Waals surface area contributed by atoms with Crippen LogP contribution in [0.4, 0.5) is 0 Å². The molecule has 9 heteroatoms. The number of benzene rings is 1. The summed E-state index contributed by atoms with van der Waals surface area (Å²) in [5, 5.41) is 8.54. The Morgan fingerprint density at radius 3 is 1.72 bits per heavy atom. The minimum absolute atomic E-state index is 0.0693. The summed E-state index contributed by atoms with van der Waals surface area (Å²) in [6.07, 6.45) is 10.3. The highest BCUT2D eigenvalue weighted by Gasteiger charge is 2.04. The summed E-state index contributed by atoms with van der Waals surface area (Å²) in [6, 6.07) is 8.37. The zero-order valence-corrected chi connectivity index (χ0v) is 23.9. The number of hydrogen-bond donors (Lipinski definition) is 1. The average Bonchev–Trinajstić information content (AvgIpc) is 2.93. The van der Waals surface area contributed by atoms with Crippen molar-refractivity contribution in [3.8, 4) is 5.75 Å². The Hall–Kier alpha value is -2.20. The van der Waals surface area contributed by atoms with Gasteiger partial charge >= 0.3 is 11.9 Å². The second-order valence-electron chi connectivity index (χ2n) is 9.28. The highest BCUT2D eigenvalue weighted by Crippen LogP contribution is 2.15. The predicted molar refractivity (Wildman–Crippen MR) is 149 cm³/mol. The monoisotopic (exact) mass is 554 g/mol. The fourth-order valence-corrected chi connectivity index (χ4v) is 3.67. The van der Waals surface area contributed by atoms with Crippen molar-refractivity contribution in [2.45, 2.75) is 77.6 Å². The number of aryl methyl sites for hydroxylation is 1. The van der Waals surface area contributed by atoms with Crippen LogP contribution in [0.15, 0.2) is 24.3 Å². The van der Waals surface area contributed by atoms with Gasteiger partial charge in [0, 0.05) is 12.8 Å². The summed E-state index contributed by atoms with van der Waals surface area (Å²) in [6.45, 7) is 6.51. The molecule has 1 rings (SSSR count). The van der Waals surface area contributed by atoms with Crippen molar-refractivity contribution >= 4 is 11.9 Å². The lowest BCUT2D eigenvalue weighted by atomic mass is 10.0. The average molecular weight is 555 g/mol. The molecule has 39 heavy (non-hydrogen) atoms. The summed E-state index contributed by atoms with van der Waals surface area (Å²) >= 11 is 0. The molecule has 1 aromatic rings. The van der Waals surface area contributed by atoms with Crippen LogP contribution >= 0.6 is 0 Å². The lowest BCUT2D eigenvalue weighted by molar-refractivity contribution is -0.146. The van der Waals surface area contributed by atoms with Crippen LogP contribution in [-0.2, 0) is 39.7 Å². The molecule has 0 unspecified atom stereocenters. The van der Waals surface area contributed by atoms with Crippen LogP contribution in [0.1, 0.15) is 76.7 Å². The van der Waals surface area contributed by atoms with Crippen LogP contribution in [0, 0.1) is 0 Å². The van der Waals surface area contributed by atoms with E-state index in [9.17, 15) is 9.59 Å². The van der Waals surface area contributed by atoms with E-state index in [0.717, 1.165) is 12.2 Å². The highest BCUT2D eigenvalue weighted by atomic mass is 16.6. The molecule has 0 saturated carbocycles. The normalized spacial score (nSPS) is 11.0. The van der Waals surface area contributed by atoms with E-state index >= 15 is 0 Å². The van der Waals surface area contributed by atoms with E-state index in [1.165, 1.54) is 44.1 Å². The summed E-state index contributed by atoms with van der Waals surface area (Å²) < 4.78 is 32.5. The van der Waals surface area contributed by atoms with Gasteiger partial charge in [-0.25, -0.2) is 0 Å². The highest BCUT2D eigenvalue weighted by molar-refractivity contribution is 5.69. The largest absolute Gasteiger partial charge is 0.491 e. The molecule has 0 bridgehead atoms. The van der Waals surface area contributed by atoms with Crippen molar-refractivity contribution < 1.29 is 43.1 Å². The summed E-state index contributed by atoms with van der Waals surface area (Å²) in [5.74, 6) is -0.321. The summed E-state index contributed by atoms with van der Waals surface area (Å²) in [5.41, 5.74) is 1.37. The van der Waals surface area contributed by atoms with Crippen molar-refractivity contribution in [1.82, 2.24) is 0 Å². The van der Waals surface area contributed by atoms with E-state index in [1.54, 1.807) is 0 Å². The van der Waals surface area contributed by atoms with Crippen LogP contribution < -0.4 is 4.74 Å². The second-order valence-corrected chi connectivity index (χ2v) is 9.28. The van der Waals surface area contributed by atoms with Crippen LogP contribution in [0.25, 0.3) is 0 Å². The molecular weight excluding hydrogens is 504 g/mol. The molecule has 0 amide bonds. The van der Waals surface area contributed by atoms with Crippen molar-refractivity contribution in [2.24, 2.45) is 0 Å². The fraction of sp³-hybridized carbons (Fsp3) is 0.733. The Morgan fingerprint density at radius 2 is 1.13 bits per heavy atom. The van der Waals surface area contributed by atoms with Gasteiger partial charge in [0.15, 0.2) is 0 Å². The number of ether oxygens (including phenoxy) is 6. The first-order chi connectivity index (χ1) is 19.1. The number of unbranched alkanes of at least 4 members (excludes halogenated alkanes) is 6. The van der Waals surface area contributed by atoms with Crippen molar-refractivity contribution in [3.05, 3.63) is 29.8 Å². The number of esters is 1. The van der Waals surface area contributed by atoms with E-state index in [-0.39, 0.29) is 25.4 Å². The molecule has 0 spiro atoms.